The Kier molecular flexibility index (Phi) is 2.26. The van der Waals surface area contributed by atoms with Gasteiger partial charge in [-0.3, -0.25) is 10.5 Å². The highest BCUT2D eigenvalue weighted by atomic mass is 16.3. The van der Waals surface area contributed by atoms with E-state index in [1.807, 2.05) is 0 Å². The molecule has 0 aromatic heterocycles. The molecular formula is C9H11NO2. The van der Waals surface area contributed by atoms with Crippen LogP contribution in [0.5, 0.6) is 0 Å². The molecule has 0 spiro atoms. The molecule has 0 saturated heterocycles. The van der Waals surface area contributed by atoms with Gasteiger partial charge in [0.25, 0.3) is 0 Å². The molecule has 1 rings (SSSR count). The van der Waals surface area contributed by atoms with Crippen molar-refractivity contribution in [2.75, 3.05) is 0 Å². The van der Waals surface area contributed by atoms with Crippen molar-refractivity contribution in [3.63, 3.8) is 0 Å². The van der Waals surface area contributed by atoms with Crippen molar-refractivity contribution in [2.24, 2.45) is 5.73 Å². The largest absolute Gasteiger partial charge is 0.369 e. The summed E-state index contributed by atoms with van der Waals surface area (Å²) in [5, 5.41) is 9.17. The maximum Gasteiger partial charge on any atom is 0.208 e. The van der Waals surface area contributed by atoms with Gasteiger partial charge in [0.05, 0.1) is 0 Å². The van der Waals surface area contributed by atoms with E-state index in [4.69, 9.17) is 10.8 Å². The molecule has 0 fully saturated rings. The second kappa shape index (κ2) is 3.05. The van der Waals surface area contributed by atoms with Gasteiger partial charge in [-0.05, 0) is 6.92 Å². The molecule has 0 aliphatic rings. The fraction of sp³-hybridized carbons (Fsp3) is 0.222. The average molecular weight is 165 g/mol. The lowest BCUT2D eigenvalue weighted by molar-refractivity contribution is 0.0436. The third-order valence-electron chi connectivity index (χ3n) is 1.50. The van der Waals surface area contributed by atoms with Crippen LogP contribution < -0.4 is 5.73 Å². The summed E-state index contributed by atoms with van der Waals surface area (Å²) in [5.74, 6) is -0.469. The molecule has 0 saturated carbocycles. The zero-order valence-electron chi connectivity index (χ0n) is 6.82. The van der Waals surface area contributed by atoms with Crippen LogP contribution in [0, 0.1) is 0 Å². The number of nitrogens with two attached hydrogens (primary N) is 1. The maximum absolute atomic E-state index is 11.3. The molecule has 0 aliphatic heterocycles. The van der Waals surface area contributed by atoms with Crippen LogP contribution in [0.25, 0.3) is 0 Å². The number of aliphatic hydroxyl groups is 1. The van der Waals surface area contributed by atoms with E-state index in [0.29, 0.717) is 5.56 Å². The van der Waals surface area contributed by atoms with E-state index in [1.54, 1.807) is 30.3 Å². The fourth-order valence-electron chi connectivity index (χ4n) is 0.882. The third kappa shape index (κ3) is 1.90. The Bertz CT molecular complexity index is 274. The number of benzene rings is 1. The summed E-state index contributed by atoms with van der Waals surface area (Å²) in [6, 6.07) is 8.47. The number of hydrogen-bond acceptors (Lipinski definition) is 3. The first-order chi connectivity index (χ1) is 5.52. The molecule has 0 amide bonds. The van der Waals surface area contributed by atoms with Crippen LogP contribution >= 0.6 is 0 Å². The molecule has 0 aliphatic carbocycles. The van der Waals surface area contributed by atoms with Gasteiger partial charge in [-0.2, -0.15) is 0 Å². The first-order valence-corrected chi connectivity index (χ1v) is 3.63. The second-order valence-electron chi connectivity index (χ2n) is 2.84. The molecule has 3 N–H and O–H groups in total. The Morgan fingerprint density at radius 2 is 1.92 bits per heavy atom. The fourth-order valence-corrected chi connectivity index (χ4v) is 0.882. The highest BCUT2D eigenvalue weighted by Crippen LogP contribution is 2.07. The third-order valence-corrected chi connectivity index (χ3v) is 1.50. The number of Topliss-reactive ketones (excluding diaryl/α,β-unsaturated/α-hetero) is 1. The van der Waals surface area contributed by atoms with Gasteiger partial charge in [0.15, 0.2) is 5.72 Å². The van der Waals surface area contributed by atoms with E-state index in [1.165, 1.54) is 6.92 Å². The number of rotatable bonds is 2. The summed E-state index contributed by atoms with van der Waals surface area (Å²) in [6.07, 6.45) is 0. The highest BCUT2D eigenvalue weighted by Gasteiger charge is 2.25. The van der Waals surface area contributed by atoms with Crippen molar-refractivity contribution < 1.29 is 9.90 Å². The van der Waals surface area contributed by atoms with Crippen molar-refractivity contribution in [3.05, 3.63) is 35.9 Å². The zero-order chi connectivity index (χ0) is 9.19. The lowest BCUT2D eigenvalue weighted by Gasteiger charge is -2.14. The number of hydrogen-bond donors (Lipinski definition) is 2. The van der Waals surface area contributed by atoms with Gasteiger partial charge in [0, 0.05) is 5.56 Å². The van der Waals surface area contributed by atoms with Crippen LogP contribution in [0.1, 0.15) is 17.3 Å². The Hall–Kier alpha value is -1.19. The van der Waals surface area contributed by atoms with Crippen LogP contribution in [0.3, 0.4) is 0 Å². The Balaban J connectivity index is 2.94. The van der Waals surface area contributed by atoms with Crippen molar-refractivity contribution in [1.82, 2.24) is 0 Å². The molecule has 1 aromatic rings. The monoisotopic (exact) mass is 165 g/mol. The van der Waals surface area contributed by atoms with E-state index >= 15 is 0 Å². The van der Waals surface area contributed by atoms with E-state index in [2.05, 4.69) is 0 Å². The van der Waals surface area contributed by atoms with E-state index in [9.17, 15) is 4.79 Å². The summed E-state index contributed by atoms with van der Waals surface area (Å²) >= 11 is 0. The average Bonchev–Trinajstić information content (AvgIpc) is 2.03. The number of carbonyl (C=O) groups is 1. The highest BCUT2D eigenvalue weighted by molar-refractivity contribution is 6.01. The molecule has 1 aromatic carbocycles. The predicted molar refractivity (Wildman–Crippen MR) is 45.6 cm³/mol. The minimum absolute atomic E-state index is 0.421. The van der Waals surface area contributed by atoms with Crippen LogP contribution in [-0.4, -0.2) is 16.6 Å². The number of ketones is 1. The summed E-state index contributed by atoms with van der Waals surface area (Å²) in [5.41, 5.74) is 3.86. The van der Waals surface area contributed by atoms with Gasteiger partial charge in [-0.1, -0.05) is 30.3 Å². The topological polar surface area (TPSA) is 63.3 Å². The molecule has 0 heterocycles. The van der Waals surface area contributed by atoms with Gasteiger partial charge in [0.2, 0.25) is 5.78 Å². The van der Waals surface area contributed by atoms with Crippen molar-refractivity contribution in [1.29, 1.82) is 0 Å². The maximum atomic E-state index is 11.3. The second-order valence-corrected chi connectivity index (χ2v) is 2.84. The first-order valence-electron chi connectivity index (χ1n) is 3.63. The standard InChI is InChI=1S/C9H11NO2/c1-9(10,12)8(11)7-5-3-2-4-6-7/h2-6,12H,10H2,1H3. The van der Waals surface area contributed by atoms with E-state index in [-0.39, 0.29) is 0 Å². The molecule has 12 heavy (non-hydrogen) atoms. The van der Waals surface area contributed by atoms with Crippen LogP contribution in [0.4, 0.5) is 0 Å². The van der Waals surface area contributed by atoms with Crippen molar-refractivity contribution in [3.8, 4) is 0 Å². The summed E-state index contributed by atoms with van der Waals surface area (Å²) in [6.45, 7) is 1.27. The molecule has 1 unspecified atom stereocenters. The SMILES string of the molecule is CC(N)(O)C(=O)c1ccccc1. The van der Waals surface area contributed by atoms with Crippen LogP contribution in [0.2, 0.25) is 0 Å². The lowest BCUT2D eigenvalue weighted by atomic mass is 10.0. The van der Waals surface area contributed by atoms with Gasteiger partial charge >= 0.3 is 0 Å². The normalized spacial score (nSPS) is 15.2. The van der Waals surface area contributed by atoms with Crippen LogP contribution in [0.15, 0.2) is 30.3 Å². The Labute approximate surface area is 70.8 Å². The molecule has 3 nitrogen and oxygen atoms in total. The van der Waals surface area contributed by atoms with E-state index in [0.717, 1.165) is 0 Å². The van der Waals surface area contributed by atoms with Crippen molar-refractivity contribution >= 4 is 5.78 Å². The molecule has 0 bridgehead atoms. The zero-order valence-corrected chi connectivity index (χ0v) is 6.82. The minimum Gasteiger partial charge on any atom is -0.369 e. The van der Waals surface area contributed by atoms with Gasteiger partial charge in [0.1, 0.15) is 0 Å². The van der Waals surface area contributed by atoms with Crippen LogP contribution in [-0.2, 0) is 0 Å². The Morgan fingerprint density at radius 1 is 1.42 bits per heavy atom. The summed E-state index contributed by atoms with van der Waals surface area (Å²) < 4.78 is 0. The predicted octanol–water partition coefficient (Wildman–Crippen LogP) is 0.536. The van der Waals surface area contributed by atoms with Gasteiger partial charge < -0.3 is 5.11 Å². The quantitative estimate of drug-likeness (QED) is 0.496. The summed E-state index contributed by atoms with van der Waals surface area (Å²) in [4.78, 5) is 11.3. The molecule has 64 valence electrons. The molecule has 1 atom stereocenters. The summed E-state index contributed by atoms with van der Waals surface area (Å²) in [7, 11) is 0. The Morgan fingerprint density at radius 3 is 2.33 bits per heavy atom. The lowest BCUT2D eigenvalue weighted by Crippen LogP contribution is -2.44. The molecular weight excluding hydrogens is 154 g/mol. The van der Waals surface area contributed by atoms with E-state index < -0.39 is 11.5 Å². The minimum atomic E-state index is -1.78. The van der Waals surface area contributed by atoms with Gasteiger partial charge in [-0.25, -0.2) is 0 Å². The van der Waals surface area contributed by atoms with Gasteiger partial charge in [-0.15, -0.1) is 0 Å². The van der Waals surface area contributed by atoms with Crippen molar-refractivity contribution in [2.45, 2.75) is 12.6 Å². The molecule has 3 heteroatoms. The number of carbonyl (C=O) groups excluding carboxylic acids is 1. The smallest absolute Gasteiger partial charge is 0.208 e. The first kappa shape index (κ1) is 8.90. The molecule has 0 radical (unpaired) electrons.